The number of oxazole rings is 1. The van der Waals surface area contributed by atoms with Crippen LogP contribution in [-0.4, -0.2) is 13.4 Å². The van der Waals surface area contributed by atoms with E-state index >= 15 is 0 Å². The number of primary sulfonamides is 1. The fourth-order valence-electron chi connectivity index (χ4n) is 2.82. The van der Waals surface area contributed by atoms with Gasteiger partial charge in [0.2, 0.25) is 10.0 Å². The van der Waals surface area contributed by atoms with Crippen LogP contribution in [0.1, 0.15) is 29.7 Å². The zero-order chi connectivity index (χ0) is 16.2. The second kappa shape index (κ2) is 4.87. The Bertz CT molecular complexity index is 996. The van der Waals surface area contributed by atoms with Gasteiger partial charge in [0.1, 0.15) is 11.3 Å². The average Bonchev–Trinajstić information content (AvgIpc) is 3.19. The number of nitrogens with two attached hydrogens (primary N) is 1. The molecule has 0 aliphatic heterocycles. The standard InChI is InChI=1S/C16H13FN2O3S/c17-10-3-6-14-15(7-10)22-16(19-14)13-8-12(13)9-1-4-11(5-2-9)23(18,20)21/h1-7,12-13H,8H2,(H2,18,20,21). The molecule has 1 aliphatic carbocycles. The van der Waals surface area contributed by atoms with E-state index < -0.39 is 10.0 Å². The van der Waals surface area contributed by atoms with Crippen molar-refractivity contribution in [3.05, 3.63) is 59.7 Å². The summed E-state index contributed by atoms with van der Waals surface area (Å²) in [6.07, 6.45) is 0.865. The molecule has 2 aromatic carbocycles. The lowest BCUT2D eigenvalue weighted by molar-refractivity contribution is 0.526. The first-order valence-electron chi connectivity index (χ1n) is 7.10. The van der Waals surface area contributed by atoms with E-state index in [1.807, 2.05) is 0 Å². The number of hydrogen-bond acceptors (Lipinski definition) is 4. The lowest BCUT2D eigenvalue weighted by Gasteiger charge is -2.01. The summed E-state index contributed by atoms with van der Waals surface area (Å²) in [7, 11) is -3.68. The Labute approximate surface area is 132 Å². The van der Waals surface area contributed by atoms with E-state index in [1.165, 1.54) is 24.3 Å². The van der Waals surface area contributed by atoms with Gasteiger partial charge in [-0.15, -0.1) is 0 Å². The zero-order valence-electron chi connectivity index (χ0n) is 11.9. The maximum atomic E-state index is 13.2. The molecule has 4 rings (SSSR count). The van der Waals surface area contributed by atoms with Crippen LogP contribution in [0.5, 0.6) is 0 Å². The van der Waals surface area contributed by atoms with E-state index in [-0.39, 0.29) is 22.5 Å². The molecule has 118 valence electrons. The Morgan fingerprint density at radius 3 is 2.57 bits per heavy atom. The van der Waals surface area contributed by atoms with Crippen LogP contribution < -0.4 is 5.14 Å². The molecule has 3 aromatic rings. The minimum Gasteiger partial charge on any atom is -0.440 e. The molecule has 2 atom stereocenters. The quantitative estimate of drug-likeness (QED) is 0.799. The summed E-state index contributed by atoms with van der Waals surface area (Å²) >= 11 is 0. The molecule has 1 aliphatic rings. The fraction of sp³-hybridized carbons (Fsp3) is 0.188. The van der Waals surface area contributed by atoms with Crippen molar-refractivity contribution in [2.45, 2.75) is 23.2 Å². The Kier molecular flexibility index (Phi) is 3.04. The number of hydrogen-bond donors (Lipinski definition) is 1. The van der Waals surface area contributed by atoms with Crippen molar-refractivity contribution in [2.24, 2.45) is 5.14 Å². The number of nitrogens with zero attached hydrogens (tertiary/aromatic N) is 1. The third-order valence-corrected chi connectivity index (χ3v) is 5.04. The van der Waals surface area contributed by atoms with Crippen molar-refractivity contribution < 1.29 is 17.2 Å². The number of aromatic nitrogens is 1. The predicted molar refractivity (Wildman–Crippen MR) is 81.9 cm³/mol. The van der Waals surface area contributed by atoms with Gasteiger partial charge >= 0.3 is 0 Å². The molecule has 0 saturated heterocycles. The summed E-state index contributed by atoms with van der Waals surface area (Å²) in [5, 5.41) is 5.09. The van der Waals surface area contributed by atoms with Crippen molar-refractivity contribution in [3.63, 3.8) is 0 Å². The highest BCUT2D eigenvalue weighted by atomic mass is 32.2. The summed E-state index contributed by atoms with van der Waals surface area (Å²) in [6.45, 7) is 0. The van der Waals surface area contributed by atoms with Crippen molar-refractivity contribution >= 4 is 21.1 Å². The molecule has 0 radical (unpaired) electrons. The van der Waals surface area contributed by atoms with Crippen molar-refractivity contribution in [2.75, 3.05) is 0 Å². The van der Waals surface area contributed by atoms with Gasteiger partial charge in [0.25, 0.3) is 0 Å². The maximum absolute atomic E-state index is 13.2. The van der Waals surface area contributed by atoms with E-state index in [2.05, 4.69) is 4.98 Å². The number of rotatable bonds is 3. The van der Waals surface area contributed by atoms with Crippen LogP contribution in [0, 0.1) is 5.82 Å². The van der Waals surface area contributed by atoms with Crippen LogP contribution in [-0.2, 0) is 10.0 Å². The average molecular weight is 332 g/mol. The Morgan fingerprint density at radius 2 is 1.87 bits per heavy atom. The highest BCUT2D eigenvalue weighted by Gasteiger charge is 2.43. The molecule has 2 unspecified atom stereocenters. The van der Waals surface area contributed by atoms with Gasteiger partial charge in [0, 0.05) is 12.0 Å². The maximum Gasteiger partial charge on any atom is 0.238 e. The van der Waals surface area contributed by atoms with Gasteiger partial charge in [-0.2, -0.15) is 0 Å². The molecule has 5 nitrogen and oxygen atoms in total. The van der Waals surface area contributed by atoms with Gasteiger partial charge in [0.15, 0.2) is 11.5 Å². The van der Waals surface area contributed by atoms with Crippen LogP contribution in [0.25, 0.3) is 11.1 Å². The molecular weight excluding hydrogens is 319 g/mol. The number of halogens is 1. The molecule has 2 N–H and O–H groups in total. The van der Waals surface area contributed by atoms with Crippen LogP contribution in [0.2, 0.25) is 0 Å². The van der Waals surface area contributed by atoms with Gasteiger partial charge in [-0.25, -0.2) is 22.9 Å². The van der Waals surface area contributed by atoms with Gasteiger partial charge in [-0.3, -0.25) is 0 Å². The summed E-state index contributed by atoms with van der Waals surface area (Å²) in [5.74, 6) is 0.588. The molecule has 1 fully saturated rings. The lowest BCUT2D eigenvalue weighted by Crippen LogP contribution is -2.11. The molecule has 0 spiro atoms. The molecule has 1 heterocycles. The second-order valence-corrected chi connectivity index (χ2v) is 7.29. The molecule has 1 saturated carbocycles. The molecular formula is C16H13FN2O3S. The van der Waals surface area contributed by atoms with Gasteiger partial charge < -0.3 is 4.42 Å². The minimum atomic E-state index is -3.68. The van der Waals surface area contributed by atoms with Gasteiger partial charge in [0.05, 0.1) is 4.90 Å². The van der Waals surface area contributed by atoms with E-state index in [1.54, 1.807) is 18.2 Å². The fourth-order valence-corrected chi connectivity index (χ4v) is 3.33. The van der Waals surface area contributed by atoms with Crippen LogP contribution >= 0.6 is 0 Å². The highest BCUT2D eigenvalue weighted by Crippen LogP contribution is 2.54. The highest BCUT2D eigenvalue weighted by molar-refractivity contribution is 7.89. The van der Waals surface area contributed by atoms with Crippen LogP contribution in [0.3, 0.4) is 0 Å². The topological polar surface area (TPSA) is 86.2 Å². The summed E-state index contributed by atoms with van der Waals surface area (Å²) in [5.41, 5.74) is 2.09. The monoisotopic (exact) mass is 332 g/mol. The normalized spacial score (nSPS) is 20.8. The first-order valence-corrected chi connectivity index (χ1v) is 8.65. The van der Waals surface area contributed by atoms with Gasteiger partial charge in [-0.05, 0) is 42.2 Å². The summed E-state index contributed by atoms with van der Waals surface area (Å²) in [6, 6.07) is 10.8. The second-order valence-electron chi connectivity index (χ2n) is 5.73. The van der Waals surface area contributed by atoms with Gasteiger partial charge in [-0.1, -0.05) is 12.1 Å². The molecule has 0 bridgehead atoms. The largest absolute Gasteiger partial charge is 0.440 e. The van der Waals surface area contributed by atoms with E-state index in [0.717, 1.165) is 12.0 Å². The summed E-state index contributed by atoms with van der Waals surface area (Å²) < 4.78 is 41.4. The minimum absolute atomic E-state index is 0.0933. The van der Waals surface area contributed by atoms with E-state index in [0.29, 0.717) is 17.0 Å². The third-order valence-electron chi connectivity index (χ3n) is 4.11. The molecule has 7 heteroatoms. The Morgan fingerprint density at radius 1 is 1.13 bits per heavy atom. The third kappa shape index (κ3) is 2.62. The first kappa shape index (κ1) is 14.3. The molecule has 1 aromatic heterocycles. The van der Waals surface area contributed by atoms with Crippen molar-refractivity contribution in [1.29, 1.82) is 0 Å². The molecule has 0 amide bonds. The number of sulfonamides is 1. The van der Waals surface area contributed by atoms with Crippen molar-refractivity contribution in [3.8, 4) is 0 Å². The Balaban J connectivity index is 1.59. The Hall–Kier alpha value is -2.25. The lowest BCUT2D eigenvalue weighted by atomic mass is 10.1. The zero-order valence-corrected chi connectivity index (χ0v) is 12.8. The van der Waals surface area contributed by atoms with Crippen molar-refractivity contribution in [1.82, 2.24) is 4.98 Å². The first-order chi connectivity index (χ1) is 10.9. The number of benzene rings is 2. The SMILES string of the molecule is NS(=O)(=O)c1ccc(C2CC2c2nc3ccc(F)cc3o2)cc1. The smallest absolute Gasteiger partial charge is 0.238 e. The molecule has 23 heavy (non-hydrogen) atoms. The predicted octanol–water partition coefficient (Wildman–Crippen LogP) is 2.89. The summed E-state index contributed by atoms with van der Waals surface area (Å²) in [4.78, 5) is 4.49. The van der Waals surface area contributed by atoms with Crippen LogP contribution in [0.4, 0.5) is 4.39 Å². The van der Waals surface area contributed by atoms with Crippen LogP contribution in [0.15, 0.2) is 51.8 Å². The van der Waals surface area contributed by atoms with E-state index in [9.17, 15) is 12.8 Å². The number of fused-ring (bicyclic) bond motifs is 1. The van der Waals surface area contributed by atoms with E-state index in [4.69, 9.17) is 9.56 Å².